The first kappa shape index (κ1) is 15.6. The Balaban J connectivity index is 2.26. The fourth-order valence-corrected chi connectivity index (χ4v) is 2.37. The van der Waals surface area contributed by atoms with Gasteiger partial charge in [-0.3, -0.25) is 4.79 Å². The van der Waals surface area contributed by atoms with E-state index in [0.717, 1.165) is 32.3 Å². The van der Waals surface area contributed by atoms with Crippen molar-refractivity contribution in [1.29, 1.82) is 0 Å². The molecule has 1 aliphatic heterocycles. The van der Waals surface area contributed by atoms with Crippen molar-refractivity contribution in [2.75, 3.05) is 6.61 Å². The molecule has 0 spiro atoms. The molecule has 1 rings (SSSR count). The Morgan fingerprint density at radius 1 is 1.33 bits per heavy atom. The lowest BCUT2D eigenvalue weighted by Crippen LogP contribution is -2.29. The molecule has 2 atom stereocenters. The van der Waals surface area contributed by atoms with Crippen LogP contribution in [0.1, 0.15) is 71.6 Å². The molecule has 1 aliphatic rings. The van der Waals surface area contributed by atoms with Gasteiger partial charge in [-0.25, -0.2) is 0 Å². The number of ketones is 1. The van der Waals surface area contributed by atoms with Crippen LogP contribution in [0.25, 0.3) is 0 Å². The van der Waals surface area contributed by atoms with Crippen LogP contribution in [0.3, 0.4) is 0 Å². The molecule has 18 heavy (non-hydrogen) atoms. The van der Waals surface area contributed by atoms with Gasteiger partial charge in [0.2, 0.25) is 0 Å². The summed E-state index contributed by atoms with van der Waals surface area (Å²) in [4.78, 5) is 11.3. The van der Waals surface area contributed by atoms with Crippen LogP contribution >= 0.6 is 0 Å². The molecule has 0 amide bonds. The smallest absolute Gasteiger partial charge is 0.157 e. The largest absolute Gasteiger partial charge is 0.353 e. The molecule has 2 unspecified atom stereocenters. The molecule has 1 heterocycles. The van der Waals surface area contributed by atoms with Crippen LogP contribution in [0.2, 0.25) is 0 Å². The zero-order chi connectivity index (χ0) is 13.2. The lowest BCUT2D eigenvalue weighted by Gasteiger charge is -2.27. The maximum Gasteiger partial charge on any atom is 0.157 e. The van der Waals surface area contributed by atoms with Gasteiger partial charge in [-0.15, -0.1) is 0 Å². The van der Waals surface area contributed by atoms with Crippen molar-refractivity contribution in [3.05, 3.63) is 0 Å². The Labute approximate surface area is 111 Å². The predicted octanol–water partition coefficient (Wildman–Crippen LogP) is 3.85. The third kappa shape index (κ3) is 7.12. The first-order chi connectivity index (χ1) is 8.72. The van der Waals surface area contributed by atoms with Gasteiger partial charge in [0.15, 0.2) is 6.29 Å². The highest BCUT2D eigenvalue weighted by molar-refractivity contribution is 5.75. The zero-order valence-electron chi connectivity index (χ0n) is 12.0. The van der Waals surface area contributed by atoms with Crippen LogP contribution < -0.4 is 0 Å². The Morgan fingerprint density at radius 2 is 2.17 bits per heavy atom. The number of Topliss-reactive ketones (excluding diaryl/α,β-unsaturated/α-hetero) is 1. The van der Waals surface area contributed by atoms with Crippen molar-refractivity contribution in [2.45, 2.75) is 84.0 Å². The van der Waals surface area contributed by atoms with Gasteiger partial charge in [0.1, 0.15) is 5.78 Å². The Morgan fingerprint density at radius 3 is 2.78 bits per heavy atom. The molecule has 0 aromatic rings. The minimum Gasteiger partial charge on any atom is -0.353 e. The van der Waals surface area contributed by atoms with Crippen molar-refractivity contribution in [3.8, 4) is 0 Å². The minimum absolute atomic E-state index is 0.0578. The number of hydrogen-bond acceptors (Lipinski definition) is 3. The Bertz CT molecular complexity index is 222. The third-order valence-corrected chi connectivity index (χ3v) is 3.38. The van der Waals surface area contributed by atoms with E-state index < -0.39 is 0 Å². The van der Waals surface area contributed by atoms with E-state index >= 15 is 0 Å². The summed E-state index contributed by atoms with van der Waals surface area (Å²) in [7, 11) is 0. The van der Waals surface area contributed by atoms with Gasteiger partial charge in [0, 0.05) is 13.0 Å². The average molecular weight is 256 g/mol. The van der Waals surface area contributed by atoms with Crippen LogP contribution in [-0.2, 0) is 14.3 Å². The van der Waals surface area contributed by atoms with Crippen LogP contribution in [0, 0.1) is 0 Å². The Kier molecular flexibility index (Phi) is 8.27. The van der Waals surface area contributed by atoms with E-state index in [1.54, 1.807) is 6.92 Å². The summed E-state index contributed by atoms with van der Waals surface area (Å²) in [5, 5.41) is 0. The first-order valence-corrected chi connectivity index (χ1v) is 7.49. The molecular formula is C15H28O3. The Hall–Kier alpha value is -0.410. The van der Waals surface area contributed by atoms with E-state index in [2.05, 4.69) is 6.92 Å². The summed E-state index contributed by atoms with van der Waals surface area (Å²) < 4.78 is 11.5. The van der Waals surface area contributed by atoms with Gasteiger partial charge in [-0.2, -0.15) is 0 Å². The fraction of sp³-hybridized carbons (Fsp3) is 0.933. The maximum absolute atomic E-state index is 11.3. The van der Waals surface area contributed by atoms with E-state index in [1.165, 1.54) is 25.7 Å². The molecule has 1 saturated heterocycles. The first-order valence-electron chi connectivity index (χ1n) is 7.49. The highest BCUT2D eigenvalue weighted by Gasteiger charge is 2.20. The summed E-state index contributed by atoms with van der Waals surface area (Å²) in [6, 6.07) is 0. The number of carbonyl (C=O) groups is 1. The maximum atomic E-state index is 11.3. The zero-order valence-corrected chi connectivity index (χ0v) is 12.0. The summed E-state index contributed by atoms with van der Waals surface area (Å²) in [5.74, 6) is 0.214. The fourth-order valence-electron chi connectivity index (χ4n) is 2.37. The van der Waals surface area contributed by atoms with E-state index in [4.69, 9.17) is 9.47 Å². The van der Waals surface area contributed by atoms with Crippen molar-refractivity contribution in [3.63, 3.8) is 0 Å². The molecule has 0 radical (unpaired) electrons. The van der Waals surface area contributed by atoms with Crippen molar-refractivity contribution in [2.24, 2.45) is 0 Å². The lowest BCUT2D eigenvalue weighted by atomic mass is 10.0. The summed E-state index contributed by atoms with van der Waals surface area (Å²) >= 11 is 0. The van der Waals surface area contributed by atoms with E-state index in [9.17, 15) is 4.79 Å². The summed E-state index contributed by atoms with van der Waals surface area (Å²) in [6.45, 7) is 4.65. The van der Waals surface area contributed by atoms with E-state index in [0.29, 0.717) is 6.42 Å². The van der Waals surface area contributed by atoms with Gasteiger partial charge in [0.25, 0.3) is 0 Å². The molecule has 0 aromatic heterocycles. The van der Waals surface area contributed by atoms with Crippen molar-refractivity contribution < 1.29 is 14.3 Å². The summed E-state index contributed by atoms with van der Waals surface area (Å²) in [5.41, 5.74) is 0. The second-order valence-electron chi connectivity index (χ2n) is 5.31. The second-order valence-corrected chi connectivity index (χ2v) is 5.31. The average Bonchev–Trinajstić information content (AvgIpc) is 2.35. The normalized spacial score (nSPS) is 21.8. The number of unbranched alkanes of at least 4 members (excludes halogenated alkanes) is 3. The van der Waals surface area contributed by atoms with Crippen molar-refractivity contribution in [1.82, 2.24) is 0 Å². The SMILES string of the molecule is CCCCCCC(CC(C)=O)OC1CCCCO1. The predicted molar refractivity (Wildman–Crippen MR) is 72.5 cm³/mol. The van der Waals surface area contributed by atoms with Crippen LogP contribution in [-0.4, -0.2) is 24.8 Å². The highest BCUT2D eigenvalue weighted by Crippen LogP contribution is 2.20. The van der Waals surface area contributed by atoms with Gasteiger partial charge >= 0.3 is 0 Å². The van der Waals surface area contributed by atoms with E-state index in [1.807, 2.05) is 0 Å². The van der Waals surface area contributed by atoms with Gasteiger partial charge < -0.3 is 9.47 Å². The highest BCUT2D eigenvalue weighted by atomic mass is 16.7. The molecule has 3 heteroatoms. The standard InChI is InChI=1S/C15H28O3/c1-3-4-5-6-9-14(12-13(2)16)18-15-10-7-8-11-17-15/h14-15H,3-12H2,1-2H3. The monoisotopic (exact) mass is 256 g/mol. The minimum atomic E-state index is -0.0747. The second kappa shape index (κ2) is 9.51. The third-order valence-electron chi connectivity index (χ3n) is 3.38. The molecule has 0 bridgehead atoms. The van der Waals surface area contributed by atoms with Crippen LogP contribution in [0.15, 0.2) is 0 Å². The van der Waals surface area contributed by atoms with Gasteiger partial charge in [-0.1, -0.05) is 32.6 Å². The number of rotatable bonds is 9. The number of ether oxygens (including phenoxy) is 2. The number of hydrogen-bond donors (Lipinski definition) is 0. The molecular weight excluding hydrogens is 228 g/mol. The topological polar surface area (TPSA) is 35.5 Å². The molecule has 1 fully saturated rings. The number of carbonyl (C=O) groups excluding carboxylic acids is 1. The van der Waals surface area contributed by atoms with Crippen LogP contribution in [0.5, 0.6) is 0 Å². The van der Waals surface area contributed by atoms with E-state index in [-0.39, 0.29) is 18.2 Å². The molecule has 0 aliphatic carbocycles. The molecule has 0 aromatic carbocycles. The molecule has 106 valence electrons. The molecule has 0 saturated carbocycles. The quantitative estimate of drug-likeness (QED) is 0.588. The summed E-state index contributed by atoms with van der Waals surface area (Å²) in [6.07, 6.45) is 9.68. The van der Waals surface area contributed by atoms with Gasteiger partial charge in [-0.05, 0) is 32.6 Å². The molecule has 0 N–H and O–H groups in total. The van der Waals surface area contributed by atoms with Gasteiger partial charge in [0.05, 0.1) is 6.10 Å². The lowest BCUT2D eigenvalue weighted by molar-refractivity contribution is -0.190. The molecule has 3 nitrogen and oxygen atoms in total. The van der Waals surface area contributed by atoms with Crippen molar-refractivity contribution >= 4 is 5.78 Å². The van der Waals surface area contributed by atoms with Crippen LogP contribution in [0.4, 0.5) is 0 Å².